The normalized spacial score (nSPS) is 25.5. The van der Waals surface area contributed by atoms with Crippen molar-refractivity contribution >= 4 is 10.0 Å². The predicted octanol–water partition coefficient (Wildman–Crippen LogP) is 0.324. The van der Waals surface area contributed by atoms with Crippen molar-refractivity contribution in [2.45, 2.75) is 25.8 Å². The van der Waals surface area contributed by atoms with Gasteiger partial charge < -0.3 is 0 Å². The van der Waals surface area contributed by atoms with Crippen LogP contribution >= 0.6 is 0 Å². The molecule has 0 aliphatic carbocycles. The van der Waals surface area contributed by atoms with Crippen molar-refractivity contribution in [1.29, 1.82) is 5.26 Å². The summed E-state index contributed by atoms with van der Waals surface area (Å²) in [7, 11) is -3.15. The van der Waals surface area contributed by atoms with Gasteiger partial charge in [-0.1, -0.05) is 0 Å². The van der Waals surface area contributed by atoms with Crippen LogP contribution in [0.25, 0.3) is 0 Å². The Morgan fingerprint density at radius 1 is 1.67 bits per heavy atom. The second-order valence-corrected chi connectivity index (χ2v) is 5.01. The molecule has 12 heavy (non-hydrogen) atoms. The van der Waals surface area contributed by atoms with Crippen molar-refractivity contribution in [2.75, 3.05) is 12.3 Å². The third-order valence-corrected chi connectivity index (χ3v) is 3.96. The molecule has 1 saturated heterocycles. The molecule has 0 aromatic rings. The smallest absolute Gasteiger partial charge is 0.212 e. The molecule has 1 heterocycles. The summed E-state index contributed by atoms with van der Waals surface area (Å²) in [5.74, 6) is 0.0885. The Labute approximate surface area is 72.8 Å². The molecule has 1 unspecified atom stereocenters. The van der Waals surface area contributed by atoms with Crippen molar-refractivity contribution in [3.05, 3.63) is 0 Å². The molecule has 4 nitrogen and oxygen atoms in total. The molecular formula is C7H12N2O2S. The van der Waals surface area contributed by atoms with Crippen molar-refractivity contribution < 1.29 is 8.42 Å². The lowest BCUT2D eigenvalue weighted by molar-refractivity contribution is 0.438. The van der Waals surface area contributed by atoms with E-state index in [1.165, 1.54) is 4.31 Å². The van der Waals surface area contributed by atoms with E-state index in [-0.39, 0.29) is 5.75 Å². The van der Waals surface area contributed by atoms with Crippen LogP contribution in [-0.4, -0.2) is 31.1 Å². The molecule has 1 fully saturated rings. The summed E-state index contributed by atoms with van der Waals surface area (Å²) in [4.78, 5) is 0. The first-order valence-corrected chi connectivity index (χ1v) is 5.62. The van der Waals surface area contributed by atoms with Gasteiger partial charge in [0.2, 0.25) is 10.0 Å². The molecule has 1 aliphatic rings. The van der Waals surface area contributed by atoms with E-state index in [4.69, 9.17) is 5.26 Å². The molecule has 0 aromatic heterocycles. The van der Waals surface area contributed by atoms with Crippen molar-refractivity contribution in [3.8, 4) is 6.07 Å². The zero-order chi connectivity index (χ0) is 9.19. The highest BCUT2D eigenvalue weighted by molar-refractivity contribution is 7.89. The zero-order valence-electron chi connectivity index (χ0n) is 7.02. The molecule has 0 aromatic carbocycles. The summed E-state index contributed by atoms with van der Waals surface area (Å²) >= 11 is 0. The van der Waals surface area contributed by atoms with E-state index in [1.54, 1.807) is 6.92 Å². The quantitative estimate of drug-likeness (QED) is 0.627. The van der Waals surface area contributed by atoms with Gasteiger partial charge >= 0.3 is 0 Å². The molecule has 0 radical (unpaired) electrons. The van der Waals surface area contributed by atoms with Crippen LogP contribution in [0.15, 0.2) is 0 Å². The molecule has 1 aliphatic heterocycles. The Balaban J connectivity index is 2.83. The minimum absolute atomic E-state index is 0.0885. The molecular weight excluding hydrogens is 176 g/mol. The van der Waals surface area contributed by atoms with E-state index < -0.39 is 16.1 Å². The van der Waals surface area contributed by atoms with Gasteiger partial charge in [0.25, 0.3) is 0 Å². The third kappa shape index (κ3) is 1.59. The molecule has 68 valence electrons. The van der Waals surface area contributed by atoms with Gasteiger partial charge in [0.1, 0.15) is 6.04 Å². The Bertz CT molecular complexity index is 291. The number of nitrogens with zero attached hydrogens (tertiary/aromatic N) is 2. The van der Waals surface area contributed by atoms with Crippen molar-refractivity contribution in [1.82, 2.24) is 4.31 Å². The van der Waals surface area contributed by atoms with E-state index in [0.29, 0.717) is 13.0 Å². The SMILES string of the molecule is CCS(=O)(=O)N1CCCC1C#N. The lowest BCUT2D eigenvalue weighted by atomic mass is 10.2. The standard InChI is InChI=1S/C7H12N2O2S/c1-2-12(10,11)9-5-3-4-7(9)6-8/h7H,2-5H2,1H3. The van der Waals surface area contributed by atoms with Gasteiger partial charge in [-0.2, -0.15) is 9.57 Å². The average molecular weight is 188 g/mol. The highest BCUT2D eigenvalue weighted by atomic mass is 32.2. The van der Waals surface area contributed by atoms with Crippen LogP contribution in [0.3, 0.4) is 0 Å². The van der Waals surface area contributed by atoms with Crippen molar-refractivity contribution in [2.24, 2.45) is 0 Å². The summed E-state index contributed by atoms with van der Waals surface area (Å²) in [6, 6.07) is 1.58. The predicted molar refractivity (Wildman–Crippen MR) is 44.8 cm³/mol. The maximum absolute atomic E-state index is 11.3. The van der Waals surface area contributed by atoms with Crippen LogP contribution < -0.4 is 0 Å². The van der Waals surface area contributed by atoms with Gasteiger partial charge in [-0.15, -0.1) is 0 Å². The first-order valence-electron chi connectivity index (χ1n) is 4.01. The van der Waals surface area contributed by atoms with E-state index in [0.717, 1.165) is 6.42 Å². The lowest BCUT2D eigenvalue weighted by Crippen LogP contribution is -2.35. The topological polar surface area (TPSA) is 61.2 Å². The molecule has 0 N–H and O–H groups in total. The molecule has 1 atom stereocenters. The van der Waals surface area contributed by atoms with Crippen LogP contribution in [0.4, 0.5) is 0 Å². The first-order chi connectivity index (χ1) is 5.61. The zero-order valence-corrected chi connectivity index (χ0v) is 7.84. The van der Waals surface area contributed by atoms with Crippen LogP contribution in [0.5, 0.6) is 0 Å². The Morgan fingerprint density at radius 2 is 2.33 bits per heavy atom. The van der Waals surface area contributed by atoms with Crippen molar-refractivity contribution in [3.63, 3.8) is 0 Å². The second-order valence-electron chi connectivity index (χ2n) is 2.80. The summed E-state index contributed by atoms with van der Waals surface area (Å²) in [5.41, 5.74) is 0. The maximum atomic E-state index is 11.3. The number of hydrogen-bond acceptors (Lipinski definition) is 3. The molecule has 5 heteroatoms. The van der Waals surface area contributed by atoms with Gasteiger partial charge in [-0.05, 0) is 19.8 Å². The first kappa shape index (κ1) is 9.49. The molecule has 0 spiro atoms. The molecule has 0 saturated carbocycles. The summed E-state index contributed by atoms with van der Waals surface area (Å²) in [6.45, 7) is 2.11. The summed E-state index contributed by atoms with van der Waals surface area (Å²) in [6.07, 6.45) is 1.48. The largest absolute Gasteiger partial charge is 0.215 e. The van der Waals surface area contributed by atoms with Crippen LogP contribution in [-0.2, 0) is 10.0 Å². The highest BCUT2D eigenvalue weighted by Gasteiger charge is 2.32. The minimum Gasteiger partial charge on any atom is -0.212 e. The monoisotopic (exact) mass is 188 g/mol. The fraction of sp³-hybridized carbons (Fsp3) is 0.857. The second kappa shape index (κ2) is 3.42. The molecule has 1 rings (SSSR count). The lowest BCUT2D eigenvalue weighted by Gasteiger charge is -2.17. The fourth-order valence-electron chi connectivity index (χ4n) is 1.37. The van der Waals surface area contributed by atoms with Gasteiger partial charge in [-0.25, -0.2) is 8.42 Å². The Morgan fingerprint density at radius 3 is 2.83 bits per heavy atom. The molecule has 0 amide bonds. The van der Waals surface area contributed by atoms with E-state index in [1.807, 2.05) is 6.07 Å². The average Bonchev–Trinajstić information content (AvgIpc) is 2.52. The summed E-state index contributed by atoms with van der Waals surface area (Å²) < 4.78 is 24.0. The van der Waals surface area contributed by atoms with Gasteiger partial charge in [0.05, 0.1) is 11.8 Å². The highest BCUT2D eigenvalue weighted by Crippen LogP contribution is 2.20. The molecule has 0 bridgehead atoms. The van der Waals surface area contributed by atoms with E-state index in [9.17, 15) is 8.42 Å². The fourth-order valence-corrected chi connectivity index (χ4v) is 2.65. The summed E-state index contributed by atoms with van der Waals surface area (Å²) in [5, 5.41) is 8.64. The number of hydrogen-bond donors (Lipinski definition) is 0. The van der Waals surface area contributed by atoms with Gasteiger partial charge in [0, 0.05) is 6.54 Å². The van der Waals surface area contributed by atoms with Crippen LogP contribution in [0.2, 0.25) is 0 Å². The Kier molecular flexibility index (Phi) is 2.70. The van der Waals surface area contributed by atoms with Gasteiger partial charge in [-0.3, -0.25) is 0 Å². The number of nitriles is 1. The maximum Gasteiger partial charge on any atom is 0.215 e. The van der Waals surface area contributed by atoms with Gasteiger partial charge in [0.15, 0.2) is 0 Å². The number of sulfonamides is 1. The number of rotatable bonds is 2. The third-order valence-electron chi connectivity index (χ3n) is 2.07. The van der Waals surface area contributed by atoms with E-state index in [2.05, 4.69) is 0 Å². The minimum atomic E-state index is -3.15. The van der Waals surface area contributed by atoms with Crippen LogP contribution in [0, 0.1) is 11.3 Å². The van der Waals surface area contributed by atoms with E-state index >= 15 is 0 Å². The Hall–Kier alpha value is -0.600. The van der Waals surface area contributed by atoms with Crippen LogP contribution in [0.1, 0.15) is 19.8 Å².